The molecule has 0 bridgehead atoms. The zero-order valence-corrected chi connectivity index (χ0v) is 18.5. The number of rotatable bonds is 8. The second-order valence-electron chi connectivity index (χ2n) is 7.64. The van der Waals surface area contributed by atoms with Gasteiger partial charge in [-0.05, 0) is 56.0 Å². The molecule has 1 aromatic heterocycles. The van der Waals surface area contributed by atoms with Gasteiger partial charge in [-0.3, -0.25) is 14.5 Å². The van der Waals surface area contributed by atoms with E-state index >= 15 is 0 Å². The van der Waals surface area contributed by atoms with E-state index in [1.54, 1.807) is 28.8 Å². The summed E-state index contributed by atoms with van der Waals surface area (Å²) >= 11 is 12.6. The molecule has 0 radical (unpaired) electrons. The summed E-state index contributed by atoms with van der Waals surface area (Å²) < 4.78 is 1.66. The number of carbonyl (C=O) groups excluding carboxylic acids is 1. The van der Waals surface area contributed by atoms with Crippen molar-refractivity contribution in [1.29, 1.82) is 0 Å². The maximum Gasteiger partial charge on any atom is 0.316 e. The summed E-state index contributed by atoms with van der Waals surface area (Å²) in [5.41, 5.74) is 1.70. The zero-order valence-electron chi connectivity index (χ0n) is 16.9. The lowest BCUT2D eigenvalue weighted by Crippen LogP contribution is -2.33. The average Bonchev–Trinajstić information content (AvgIpc) is 3.18. The minimum absolute atomic E-state index is 0.105. The molecule has 30 heavy (non-hydrogen) atoms. The van der Waals surface area contributed by atoms with Crippen molar-refractivity contribution in [2.45, 2.75) is 58.2 Å². The fourth-order valence-electron chi connectivity index (χ4n) is 4.10. The van der Waals surface area contributed by atoms with Gasteiger partial charge in [0, 0.05) is 29.9 Å². The lowest BCUT2D eigenvalue weighted by Gasteiger charge is -2.26. The highest BCUT2D eigenvalue weighted by atomic mass is 35.5. The number of aromatic nitrogens is 1. The van der Waals surface area contributed by atoms with Crippen molar-refractivity contribution in [2.24, 2.45) is 5.18 Å². The van der Waals surface area contributed by atoms with Crippen LogP contribution in [-0.2, 0) is 19.5 Å². The number of halogens is 2. The molecule has 160 valence electrons. The van der Waals surface area contributed by atoms with Gasteiger partial charge >= 0.3 is 5.91 Å². The van der Waals surface area contributed by atoms with Crippen LogP contribution in [0.1, 0.15) is 54.2 Å². The van der Waals surface area contributed by atoms with Crippen molar-refractivity contribution in [1.82, 2.24) is 9.47 Å². The summed E-state index contributed by atoms with van der Waals surface area (Å²) in [5.74, 6) is -0.797. The number of nitrogens with zero attached hydrogens (tertiary/aromatic N) is 3. The van der Waals surface area contributed by atoms with Crippen LogP contribution < -0.4 is 5.56 Å². The number of likely N-dealkylation sites (tertiary alicyclic amines) is 1. The van der Waals surface area contributed by atoms with Gasteiger partial charge in [0.2, 0.25) is 0 Å². The van der Waals surface area contributed by atoms with E-state index in [0.29, 0.717) is 30.6 Å². The molecule has 0 spiro atoms. The van der Waals surface area contributed by atoms with Crippen LogP contribution in [0.15, 0.2) is 40.3 Å². The van der Waals surface area contributed by atoms with Gasteiger partial charge in [0.1, 0.15) is 5.02 Å². The predicted octanol–water partition coefficient (Wildman–Crippen LogP) is 5.07. The molecule has 1 aromatic carbocycles. The molecular formula is C22H25Cl2N3O3. The molecule has 2 heterocycles. The topological polar surface area (TPSA) is 71.7 Å². The van der Waals surface area contributed by atoms with Gasteiger partial charge in [-0.25, -0.2) is 0 Å². The second-order valence-corrected chi connectivity index (χ2v) is 8.46. The van der Waals surface area contributed by atoms with Crippen LogP contribution in [0.3, 0.4) is 0 Å². The molecule has 6 nitrogen and oxygen atoms in total. The Hall–Kier alpha value is -2.02. The van der Waals surface area contributed by atoms with E-state index < -0.39 is 5.91 Å². The number of hydrogen-bond acceptors (Lipinski definition) is 4. The van der Waals surface area contributed by atoms with E-state index in [1.807, 2.05) is 0 Å². The van der Waals surface area contributed by atoms with E-state index in [2.05, 4.69) is 17.0 Å². The van der Waals surface area contributed by atoms with Crippen LogP contribution in [-0.4, -0.2) is 28.0 Å². The van der Waals surface area contributed by atoms with Crippen LogP contribution in [0.5, 0.6) is 0 Å². The number of benzene rings is 1. The Morgan fingerprint density at radius 3 is 2.60 bits per heavy atom. The van der Waals surface area contributed by atoms with Crippen LogP contribution in [0.2, 0.25) is 10.0 Å². The van der Waals surface area contributed by atoms with Gasteiger partial charge in [0.25, 0.3) is 5.56 Å². The second kappa shape index (κ2) is 10.3. The monoisotopic (exact) mass is 449 g/mol. The highest BCUT2D eigenvalue weighted by Crippen LogP contribution is 2.27. The smallest absolute Gasteiger partial charge is 0.308 e. The summed E-state index contributed by atoms with van der Waals surface area (Å²) in [5, 5.41) is 3.03. The highest BCUT2D eigenvalue weighted by Gasteiger charge is 2.26. The molecular weight excluding hydrogens is 425 g/mol. The maximum absolute atomic E-state index is 12.8. The fraction of sp³-hybridized carbons (Fsp3) is 0.455. The third-order valence-corrected chi connectivity index (χ3v) is 6.28. The molecule has 1 fully saturated rings. The largest absolute Gasteiger partial charge is 0.316 e. The first kappa shape index (κ1) is 22.7. The number of nitroso groups, excluding NO2 is 1. The van der Waals surface area contributed by atoms with Crippen LogP contribution in [0.25, 0.3) is 0 Å². The lowest BCUT2D eigenvalue weighted by atomic mass is 10.1. The molecule has 0 aliphatic carbocycles. The van der Waals surface area contributed by atoms with E-state index in [0.717, 1.165) is 37.1 Å². The first-order chi connectivity index (χ1) is 14.4. The lowest BCUT2D eigenvalue weighted by molar-refractivity contribution is 0.100. The molecule has 1 aliphatic rings. The van der Waals surface area contributed by atoms with Gasteiger partial charge in [-0.15, -0.1) is 4.91 Å². The first-order valence-corrected chi connectivity index (χ1v) is 11.0. The molecule has 2 aromatic rings. The molecule has 1 atom stereocenters. The average molecular weight is 450 g/mol. The molecule has 1 aliphatic heterocycles. The van der Waals surface area contributed by atoms with Gasteiger partial charge < -0.3 is 4.57 Å². The summed E-state index contributed by atoms with van der Waals surface area (Å²) in [6.07, 6.45) is 5.15. The van der Waals surface area contributed by atoms with Crippen molar-refractivity contribution < 1.29 is 4.79 Å². The summed E-state index contributed by atoms with van der Waals surface area (Å²) in [6.45, 7) is 4.22. The van der Waals surface area contributed by atoms with Crippen LogP contribution in [0.4, 0.5) is 0 Å². The van der Waals surface area contributed by atoms with E-state index in [1.165, 1.54) is 12.5 Å². The number of aryl methyl sites for hydroxylation is 1. The molecule has 1 saturated heterocycles. The Labute approximate surface area is 185 Å². The molecule has 0 saturated carbocycles. The van der Waals surface area contributed by atoms with Crippen LogP contribution >= 0.6 is 23.2 Å². The van der Waals surface area contributed by atoms with Gasteiger partial charge in [0.05, 0.1) is 10.7 Å². The quantitative estimate of drug-likeness (QED) is 0.527. The number of amides is 1. The normalized spacial score (nSPS) is 16.7. The van der Waals surface area contributed by atoms with E-state index in [9.17, 15) is 14.5 Å². The Balaban J connectivity index is 1.82. The standard InChI is InChI=1S/C22H25Cl2N3O3/c1-2-4-17-5-3-11-26(17)14-20-18(23)13-19(24)22(29)27(20)12-10-15-6-8-16(9-7-15)21(28)25-30/h6-9,13,17H,2-5,10-12,14H2,1H3. The minimum atomic E-state index is -0.797. The molecule has 8 heteroatoms. The molecule has 0 N–H and O–H groups in total. The Kier molecular flexibility index (Phi) is 7.81. The van der Waals surface area contributed by atoms with Crippen molar-refractivity contribution in [3.05, 3.63) is 72.5 Å². The van der Waals surface area contributed by atoms with Gasteiger partial charge in [-0.1, -0.05) is 48.7 Å². The van der Waals surface area contributed by atoms with Crippen molar-refractivity contribution in [3.8, 4) is 0 Å². The first-order valence-electron chi connectivity index (χ1n) is 10.2. The fourth-order valence-corrected chi connectivity index (χ4v) is 4.64. The van der Waals surface area contributed by atoms with Crippen LogP contribution in [0, 0.1) is 4.91 Å². The third kappa shape index (κ3) is 5.17. The van der Waals surface area contributed by atoms with E-state index in [4.69, 9.17) is 23.2 Å². The third-order valence-electron chi connectivity index (χ3n) is 5.69. The Morgan fingerprint density at radius 1 is 1.20 bits per heavy atom. The van der Waals surface area contributed by atoms with Gasteiger partial charge in [-0.2, -0.15) is 0 Å². The highest BCUT2D eigenvalue weighted by molar-refractivity contribution is 6.34. The van der Waals surface area contributed by atoms with Crippen molar-refractivity contribution in [3.63, 3.8) is 0 Å². The Bertz CT molecular complexity index is 973. The zero-order chi connectivity index (χ0) is 21.7. The van der Waals surface area contributed by atoms with Gasteiger partial charge in [0.15, 0.2) is 0 Å². The number of carbonyl (C=O) groups is 1. The van der Waals surface area contributed by atoms with Crippen molar-refractivity contribution in [2.75, 3.05) is 6.54 Å². The van der Waals surface area contributed by atoms with Crippen molar-refractivity contribution >= 4 is 29.1 Å². The molecule has 1 unspecified atom stereocenters. The number of pyridine rings is 1. The maximum atomic E-state index is 12.8. The summed E-state index contributed by atoms with van der Waals surface area (Å²) in [6, 6.07) is 8.69. The molecule has 1 amide bonds. The SMILES string of the molecule is CCCC1CCCN1Cc1c(Cl)cc(Cl)c(=O)n1CCc1ccc(C(=O)N=O)cc1. The minimum Gasteiger partial charge on any atom is -0.308 e. The molecule has 3 rings (SSSR count). The van der Waals surface area contributed by atoms with E-state index in [-0.39, 0.29) is 16.1 Å². The summed E-state index contributed by atoms with van der Waals surface area (Å²) in [4.78, 5) is 36.9. The Morgan fingerprint density at radius 2 is 1.93 bits per heavy atom. The number of hydrogen-bond donors (Lipinski definition) is 0. The predicted molar refractivity (Wildman–Crippen MR) is 119 cm³/mol. The summed E-state index contributed by atoms with van der Waals surface area (Å²) in [7, 11) is 0.